The van der Waals surface area contributed by atoms with Crippen LogP contribution in [0.5, 0.6) is 0 Å². The van der Waals surface area contributed by atoms with Crippen molar-refractivity contribution in [1.82, 2.24) is 4.98 Å². The molecule has 1 N–H and O–H groups in total. The minimum atomic E-state index is -0.522. The largest absolute Gasteiger partial charge is 0.324 e. The summed E-state index contributed by atoms with van der Waals surface area (Å²) in [5.74, 6) is -0.0935. The zero-order chi connectivity index (χ0) is 15.2. The Morgan fingerprint density at radius 1 is 1.33 bits per heavy atom. The van der Waals surface area contributed by atoms with Crippen LogP contribution < -0.4 is 5.32 Å². The number of nitrogens with one attached hydrogen (secondary N) is 1. The average molecular weight is 324 g/mol. The van der Waals surface area contributed by atoms with Crippen molar-refractivity contribution in [3.63, 3.8) is 0 Å². The van der Waals surface area contributed by atoms with Gasteiger partial charge in [0, 0.05) is 6.07 Å². The summed E-state index contributed by atoms with van der Waals surface area (Å²) in [5.41, 5.74) is 0.460. The number of amides is 1. The van der Waals surface area contributed by atoms with Crippen molar-refractivity contribution in [2.24, 2.45) is 0 Å². The van der Waals surface area contributed by atoms with E-state index in [1.165, 1.54) is 23.9 Å². The van der Waals surface area contributed by atoms with Crippen LogP contribution in [0.3, 0.4) is 0 Å². The van der Waals surface area contributed by atoms with Gasteiger partial charge in [0.25, 0.3) is 5.69 Å². The maximum Gasteiger partial charge on any atom is 0.287 e. The Kier molecular flexibility index (Phi) is 5.13. The highest BCUT2D eigenvalue weighted by atomic mass is 35.5. The zero-order valence-corrected chi connectivity index (χ0v) is 12.2. The number of nitro groups is 1. The number of hydrogen-bond acceptors (Lipinski definition) is 5. The van der Waals surface area contributed by atoms with Crippen molar-refractivity contribution < 1.29 is 9.72 Å². The molecule has 0 aliphatic carbocycles. The first-order valence-corrected chi connectivity index (χ1v) is 7.20. The smallest absolute Gasteiger partial charge is 0.287 e. The molecular formula is C13H10ClN3O3S. The molecular weight excluding hydrogens is 314 g/mol. The van der Waals surface area contributed by atoms with Gasteiger partial charge in [0.1, 0.15) is 6.20 Å². The topological polar surface area (TPSA) is 85.1 Å². The first-order chi connectivity index (χ1) is 10.1. The lowest BCUT2D eigenvalue weighted by Gasteiger charge is -2.06. The lowest BCUT2D eigenvalue weighted by molar-refractivity contribution is -0.385. The summed E-state index contributed by atoms with van der Waals surface area (Å²) in [4.78, 5) is 25.7. The number of anilines is 1. The molecule has 21 heavy (non-hydrogen) atoms. The minimum absolute atomic E-state index is 0.0835. The van der Waals surface area contributed by atoms with Gasteiger partial charge >= 0.3 is 0 Å². The fraction of sp³-hybridized carbons (Fsp3) is 0.0769. The maximum absolute atomic E-state index is 11.8. The molecule has 8 heteroatoms. The van der Waals surface area contributed by atoms with Gasteiger partial charge in [0.05, 0.1) is 26.4 Å². The summed E-state index contributed by atoms with van der Waals surface area (Å²) < 4.78 is 0. The standard InChI is InChI=1S/C13H10ClN3O3S/c14-10-3-1-2-4-11(10)16-12(18)8-21-13-6-5-9(7-15-13)17(19)20/h1-7H,8H2,(H,16,18). The van der Waals surface area contributed by atoms with Gasteiger partial charge in [-0.1, -0.05) is 35.5 Å². The van der Waals surface area contributed by atoms with Crippen molar-refractivity contribution in [2.45, 2.75) is 5.03 Å². The van der Waals surface area contributed by atoms with Gasteiger partial charge < -0.3 is 5.32 Å². The number of aromatic nitrogens is 1. The van der Waals surface area contributed by atoms with E-state index in [0.717, 1.165) is 6.20 Å². The average Bonchev–Trinajstić information content (AvgIpc) is 2.48. The van der Waals surface area contributed by atoms with Crippen LogP contribution in [0.2, 0.25) is 5.02 Å². The number of halogens is 1. The van der Waals surface area contributed by atoms with Crippen LogP contribution in [0.15, 0.2) is 47.6 Å². The number of benzene rings is 1. The van der Waals surface area contributed by atoms with Crippen LogP contribution in [0.25, 0.3) is 0 Å². The number of nitrogens with zero attached hydrogens (tertiary/aromatic N) is 2. The number of thioether (sulfide) groups is 1. The maximum atomic E-state index is 11.8. The second kappa shape index (κ2) is 7.05. The molecule has 1 aromatic carbocycles. The molecule has 0 fully saturated rings. The van der Waals surface area contributed by atoms with E-state index in [2.05, 4.69) is 10.3 Å². The third-order valence-electron chi connectivity index (χ3n) is 2.43. The van der Waals surface area contributed by atoms with Crippen LogP contribution in [0.1, 0.15) is 0 Å². The Morgan fingerprint density at radius 2 is 2.10 bits per heavy atom. The summed E-state index contributed by atoms with van der Waals surface area (Å²) in [5, 5.41) is 14.2. The van der Waals surface area contributed by atoms with E-state index in [1.807, 2.05) is 0 Å². The lowest BCUT2D eigenvalue weighted by Crippen LogP contribution is -2.14. The van der Waals surface area contributed by atoms with E-state index in [9.17, 15) is 14.9 Å². The van der Waals surface area contributed by atoms with Gasteiger partial charge in [-0.05, 0) is 18.2 Å². The van der Waals surface area contributed by atoms with E-state index in [1.54, 1.807) is 24.3 Å². The van der Waals surface area contributed by atoms with E-state index in [0.29, 0.717) is 15.7 Å². The highest BCUT2D eigenvalue weighted by Gasteiger charge is 2.09. The number of pyridine rings is 1. The van der Waals surface area contributed by atoms with E-state index >= 15 is 0 Å². The molecule has 0 saturated heterocycles. The molecule has 2 rings (SSSR count). The third-order valence-corrected chi connectivity index (χ3v) is 3.70. The van der Waals surface area contributed by atoms with Crippen molar-refractivity contribution in [3.8, 4) is 0 Å². The van der Waals surface area contributed by atoms with Crippen LogP contribution in [-0.2, 0) is 4.79 Å². The van der Waals surface area contributed by atoms with Crippen LogP contribution in [0, 0.1) is 10.1 Å². The first-order valence-electron chi connectivity index (χ1n) is 5.84. The fourth-order valence-electron chi connectivity index (χ4n) is 1.45. The fourth-order valence-corrected chi connectivity index (χ4v) is 2.28. The highest BCUT2D eigenvalue weighted by molar-refractivity contribution is 7.99. The van der Waals surface area contributed by atoms with E-state index in [4.69, 9.17) is 11.6 Å². The summed E-state index contributed by atoms with van der Waals surface area (Å²) in [7, 11) is 0. The van der Waals surface area contributed by atoms with Crippen molar-refractivity contribution in [2.75, 3.05) is 11.1 Å². The Hall–Kier alpha value is -2.12. The molecule has 6 nitrogen and oxygen atoms in total. The molecule has 0 unspecified atom stereocenters. The number of carbonyl (C=O) groups excluding carboxylic acids is 1. The second-order valence-electron chi connectivity index (χ2n) is 3.93. The van der Waals surface area contributed by atoms with E-state index in [-0.39, 0.29) is 17.3 Å². The first kappa shape index (κ1) is 15.3. The molecule has 0 saturated carbocycles. The summed E-state index contributed by atoms with van der Waals surface area (Å²) in [6.45, 7) is 0. The van der Waals surface area contributed by atoms with Crippen LogP contribution >= 0.6 is 23.4 Å². The lowest BCUT2D eigenvalue weighted by atomic mass is 10.3. The van der Waals surface area contributed by atoms with Crippen molar-refractivity contribution in [3.05, 3.63) is 57.7 Å². The molecule has 0 aliphatic rings. The molecule has 0 radical (unpaired) electrons. The number of rotatable bonds is 5. The second-order valence-corrected chi connectivity index (χ2v) is 5.33. The van der Waals surface area contributed by atoms with Gasteiger partial charge in [-0.25, -0.2) is 4.98 Å². The zero-order valence-electron chi connectivity index (χ0n) is 10.7. The SMILES string of the molecule is O=C(CSc1ccc([N+](=O)[O-])cn1)Nc1ccccc1Cl. The Morgan fingerprint density at radius 3 is 2.71 bits per heavy atom. The molecule has 1 amide bonds. The minimum Gasteiger partial charge on any atom is -0.324 e. The highest BCUT2D eigenvalue weighted by Crippen LogP contribution is 2.22. The molecule has 0 atom stereocenters. The van der Waals surface area contributed by atoms with Crippen molar-refractivity contribution >= 4 is 40.6 Å². The molecule has 108 valence electrons. The van der Waals surface area contributed by atoms with Crippen molar-refractivity contribution in [1.29, 1.82) is 0 Å². The van der Waals surface area contributed by atoms with Gasteiger partial charge in [0.2, 0.25) is 5.91 Å². The monoisotopic (exact) mass is 323 g/mol. The third kappa shape index (κ3) is 4.44. The molecule has 0 bridgehead atoms. The van der Waals surface area contributed by atoms with Gasteiger partial charge in [-0.2, -0.15) is 0 Å². The molecule has 0 spiro atoms. The summed E-state index contributed by atoms with van der Waals surface area (Å²) in [6.07, 6.45) is 1.16. The molecule has 1 aromatic heterocycles. The predicted molar refractivity (Wildman–Crippen MR) is 81.7 cm³/mol. The normalized spacial score (nSPS) is 10.1. The molecule has 1 heterocycles. The molecule has 2 aromatic rings. The summed E-state index contributed by atoms with van der Waals surface area (Å²) in [6, 6.07) is 9.78. The van der Waals surface area contributed by atoms with Gasteiger partial charge in [0.15, 0.2) is 0 Å². The Balaban J connectivity index is 1.89. The quantitative estimate of drug-likeness (QED) is 0.518. The van der Waals surface area contributed by atoms with Gasteiger partial charge in [-0.3, -0.25) is 14.9 Å². The summed E-state index contributed by atoms with van der Waals surface area (Å²) >= 11 is 7.12. The number of para-hydroxylation sites is 1. The predicted octanol–water partition coefficient (Wildman–Crippen LogP) is 3.37. The Labute approximate surface area is 129 Å². The van der Waals surface area contributed by atoms with Crippen LogP contribution in [0.4, 0.5) is 11.4 Å². The van der Waals surface area contributed by atoms with Gasteiger partial charge in [-0.15, -0.1) is 0 Å². The van der Waals surface area contributed by atoms with E-state index < -0.39 is 4.92 Å². The molecule has 0 aliphatic heterocycles. The number of carbonyl (C=O) groups is 1. The van der Waals surface area contributed by atoms with Crippen LogP contribution in [-0.4, -0.2) is 21.6 Å². The Bertz CT molecular complexity index is 664. The number of hydrogen-bond donors (Lipinski definition) is 1.